The highest BCUT2D eigenvalue weighted by molar-refractivity contribution is 5.98. The largest absolute Gasteiger partial charge is 0.322 e. The van der Waals surface area contributed by atoms with Crippen LogP contribution in [0, 0.1) is 15.9 Å². The van der Waals surface area contributed by atoms with Crippen LogP contribution >= 0.6 is 0 Å². The number of non-ortho nitro benzene ring substituents is 1. The second-order valence-electron chi connectivity index (χ2n) is 5.24. The quantitative estimate of drug-likeness (QED) is 0.646. The molecule has 6 nitrogen and oxygen atoms in total. The predicted molar refractivity (Wildman–Crippen MR) is 76.6 cm³/mol. The molecule has 1 heterocycles. The van der Waals surface area contributed by atoms with Gasteiger partial charge in [0.1, 0.15) is 0 Å². The van der Waals surface area contributed by atoms with Crippen molar-refractivity contribution in [1.82, 2.24) is 5.32 Å². The number of benzene rings is 1. The highest BCUT2D eigenvalue weighted by Gasteiger charge is 2.40. The van der Waals surface area contributed by atoms with Gasteiger partial charge in [-0.05, 0) is 31.9 Å². The van der Waals surface area contributed by atoms with Crippen LogP contribution < -0.4 is 10.6 Å². The van der Waals surface area contributed by atoms with Crippen molar-refractivity contribution in [3.8, 4) is 0 Å². The zero-order valence-corrected chi connectivity index (χ0v) is 11.8. The summed E-state index contributed by atoms with van der Waals surface area (Å²) in [5.74, 6) is -1.09. The zero-order chi connectivity index (χ0) is 15.5. The van der Waals surface area contributed by atoms with Gasteiger partial charge in [0.2, 0.25) is 5.91 Å². The Morgan fingerprint density at radius 2 is 2.33 bits per heavy atom. The summed E-state index contributed by atoms with van der Waals surface area (Å²) in [7, 11) is 0. The molecule has 0 saturated carbocycles. The number of rotatable bonds is 5. The van der Waals surface area contributed by atoms with Crippen molar-refractivity contribution >= 4 is 17.3 Å². The van der Waals surface area contributed by atoms with Crippen LogP contribution in [0.5, 0.6) is 0 Å². The van der Waals surface area contributed by atoms with Crippen LogP contribution in [0.4, 0.5) is 15.8 Å². The monoisotopic (exact) mass is 295 g/mol. The maximum atomic E-state index is 13.8. The molecule has 0 bridgehead atoms. The summed E-state index contributed by atoms with van der Waals surface area (Å²) in [6.07, 6.45) is 3.12. The minimum Gasteiger partial charge on any atom is -0.322 e. The molecule has 0 aromatic heterocycles. The standard InChI is InChI=1S/C14H18FN3O3/c1-2-6-14(7-3-8-16-14)13(19)17-12-5-4-10(18(20)21)9-11(12)15/h4-5,9,16H,2-3,6-8H2,1H3,(H,17,19). The van der Waals surface area contributed by atoms with E-state index >= 15 is 0 Å². The topological polar surface area (TPSA) is 84.3 Å². The zero-order valence-electron chi connectivity index (χ0n) is 11.8. The summed E-state index contributed by atoms with van der Waals surface area (Å²) in [6.45, 7) is 2.75. The molecule has 1 amide bonds. The fourth-order valence-electron chi connectivity index (χ4n) is 2.71. The first-order valence-corrected chi connectivity index (χ1v) is 6.99. The van der Waals surface area contributed by atoms with Crippen LogP contribution in [0.1, 0.15) is 32.6 Å². The van der Waals surface area contributed by atoms with E-state index in [0.29, 0.717) is 12.8 Å². The number of hydrogen-bond donors (Lipinski definition) is 2. The van der Waals surface area contributed by atoms with Gasteiger partial charge in [-0.3, -0.25) is 14.9 Å². The van der Waals surface area contributed by atoms with Gasteiger partial charge in [0.05, 0.1) is 22.2 Å². The number of nitro groups is 1. The molecule has 114 valence electrons. The van der Waals surface area contributed by atoms with E-state index in [1.54, 1.807) is 0 Å². The maximum absolute atomic E-state index is 13.8. The molecule has 1 aliphatic rings. The first-order chi connectivity index (χ1) is 9.98. The summed E-state index contributed by atoms with van der Waals surface area (Å²) in [4.78, 5) is 22.3. The average molecular weight is 295 g/mol. The lowest BCUT2D eigenvalue weighted by atomic mass is 9.90. The smallest absolute Gasteiger partial charge is 0.272 e. The van der Waals surface area contributed by atoms with Gasteiger partial charge in [-0.15, -0.1) is 0 Å². The molecule has 1 aromatic carbocycles. The SMILES string of the molecule is CCCC1(C(=O)Nc2ccc([N+](=O)[O-])cc2F)CCCN1. The molecule has 21 heavy (non-hydrogen) atoms. The Hall–Kier alpha value is -2.02. The van der Waals surface area contributed by atoms with Crippen LogP contribution in [0.15, 0.2) is 18.2 Å². The van der Waals surface area contributed by atoms with Crippen molar-refractivity contribution in [2.75, 3.05) is 11.9 Å². The van der Waals surface area contributed by atoms with Crippen molar-refractivity contribution in [2.45, 2.75) is 38.1 Å². The first-order valence-electron chi connectivity index (χ1n) is 6.99. The molecule has 1 fully saturated rings. The van der Waals surface area contributed by atoms with Gasteiger partial charge >= 0.3 is 0 Å². The van der Waals surface area contributed by atoms with E-state index in [1.165, 1.54) is 12.1 Å². The van der Waals surface area contributed by atoms with Crippen LogP contribution in [-0.2, 0) is 4.79 Å². The Balaban J connectivity index is 2.17. The van der Waals surface area contributed by atoms with Crippen molar-refractivity contribution in [3.05, 3.63) is 34.1 Å². The summed E-state index contributed by atoms with van der Waals surface area (Å²) >= 11 is 0. The van der Waals surface area contributed by atoms with Gasteiger partial charge in [0.25, 0.3) is 5.69 Å². The minimum atomic E-state index is -0.804. The number of amides is 1. The summed E-state index contributed by atoms with van der Waals surface area (Å²) < 4.78 is 13.8. The van der Waals surface area contributed by atoms with E-state index in [4.69, 9.17) is 0 Å². The second kappa shape index (κ2) is 6.17. The van der Waals surface area contributed by atoms with Crippen molar-refractivity contribution in [3.63, 3.8) is 0 Å². The van der Waals surface area contributed by atoms with E-state index in [9.17, 15) is 19.3 Å². The number of anilines is 1. The predicted octanol–water partition coefficient (Wildman–Crippen LogP) is 2.59. The Morgan fingerprint density at radius 3 is 2.86 bits per heavy atom. The average Bonchev–Trinajstić information content (AvgIpc) is 2.91. The highest BCUT2D eigenvalue weighted by atomic mass is 19.1. The van der Waals surface area contributed by atoms with Crippen LogP contribution in [-0.4, -0.2) is 22.9 Å². The highest BCUT2D eigenvalue weighted by Crippen LogP contribution is 2.28. The Kier molecular flexibility index (Phi) is 4.52. The molecule has 1 aromatic rings. The number of carbonyl (C=O) groups is 1. The lowest BCUT2D eigenvalue weighted by Crippen LogP contribution is -2.50. The molecular formula is C14H18FN3O3. The van der Waals surface area contributed by atoms with Gasteiger partial charge in [-0.2, -0.15) is 0 Å². The van der Waals surface area contributed by atoms with Gasteiger partial charge in [-0.25, -0.2) is 4.39 Å². The second-order valence-corrected chi connectivity index (χ2v) is 5.24. The normalized spacial score (nSPS) is 21.2. The van der Waals surface area contributed by atoms with Crippen LogP contribution in [0.3, 0.4) is 0 Å². The maximum Gasteiger partial charge on any atom is 0.272 e. The third-order valence-electron chi connectivity index (χ3n) is 3.77. The van der Waals surface area contributed by atoms with Crippen molar-refractivity contribution in [2.24, 2.45) is 0 Å². The third kappa shape index (κ3) is 3.18. The number of halogens is 1. The number of carbonyl (C=O) groups excluding carboxylic acids is 1. The first kappa shape index (κ1) is 15.4. The summed E-state index contributed by atoms with van der Waals surface area (Å²) in [5.41, 5.74) is -1.04. The third-order valence-corrected chi connectivity index (χ3v) is 3.77. The number of nitro benzene ring substituents is 1. The van der Waals surface area contributed by atoms with Crippen molar-refractivity contribution in [1.29, 1.82) is 0 Å². The van der Waals surface area contributed by atoms with Gasteiger partial charge in [-0.1, -0.05) is 13.3 Å². The van der Waals surface area contributed by atoms with Crippen molar-refractivity contribution < 1.29 is 14.1 Å². The Bertz CT molecular complexity index is 556. The minimum absolute atomic E-state index is 0.0326. The molecule has 1 saturated heterocycles. The van der Waals surface area contributed by atoms with E-state index in [0.717, 1.165) is 25.5 Å². The number of hydrogen-bond acceptors (Lipinski definition) is 4. The molecule has 2 N–H and O–H groups in total. The van der Waals surface area contributed by atoms with E-state index < -0.39 is 16.3 Å². The molecule has 0 radical (unpaired) electrons. The van der Waals surface area contributed by atoms with Gasteiger partial charge in [0, 0.05) is 6.07 Å². The Labute approximate surface area is 121 Å². The molecule has 2 rings (SSSR count). The van der Waals surface area contributed by atoms with Crippen LogP contribution in [0.25, 0.3) is 0 Å². The summed E-state index contributed by atoms with van der Waals surface area (Å²) in [5, 5.41) is 16.3. The summed E-state index contributed by atoms with van der Waals surface area (Å²) in [6, 6.07) is 3.21. The molecule has 0 spiro atoms. The fourth-order valence-corrected chi connectivity index (χ4v) is 2.71. The fraction of sp³-hybridized carbons (Fsp3) is 0.500. The van der Waals surface area contributed by atoms with Gasteiger partial charge < -0.3 is 10.6 Å². The van der Waals surface area contributed by atoms with E-state index in [2.05, 4.69) is 10.6 Å². The van der Waals surface area contributed by atoms with Gasteiger partial charge in [0.15, 0.2) is 5.82 Å². The van der Waals surface area contributed by atoms with E-state index in [-0.39, 0.29) is 17.3 Å². The van der Waals surface area contributed by atoms with E-state index in [1.807, 2.05) is 6.92 Å². The molecule has 1 aliphatic heterocycles. The molecular weight excluding hydrogens is 277 g/mol. The molecule has 0 aliphatic carbocycles. The Morgan fingerprint density at radius 1 is 1.57 bits per heavy atom. The number of nitrogens with zero attached hydrogens (tertiary/aromatic N) is 1. The molecule has 7 heteroatoms. The molecule has 1 unspecified atom stereocenters. The van der Waals surface area contributed by atoms with Crippen LogP contribution in [0.2, 0.25) is 0 Å². The number of nitrogens with one attached hydrogen (secondary N) is 2. The lowest BCUT2D eigenvalue weighted by Gasteiger charge is -2.27. The lowest BCUT2D eigenvalue weighted by molar-refractivity contribution is -0.385. The molecule has 1 atom stereocenters.